The predicted octanol–water partition coefficient (Wildman–Crippen LogP) is 11.7. The van der Waals surface area contributed by atoms with Gasteiger partial charge in [-0.3, -0.25) is 14.4 Å². The lowest BCUT2D eigenvalue weighted by Gasteiger charge is -2.27. The second kappa shape index (κ2) is 24.8. The largest absolute Gasteiger partial charge is 0.481 e. The van der Waals surface area contributed by atoms with Crippen molar-refractivity contribution in [3.05, 3.63) is 173 Å². The maximum Gasteiger partial charge on any atom is 0.418 e. The number of alkyl halides is 3. The van der Waals surface area contributed by atoms with E-state index in [-0.39, 0.29) is 23.8 Å². The number of ether oxygens (including phenoxy) is 1. The Morgan fingerprint density at radius 2 is 1.21 bits per heavy atom. The summed E-state index contributed by atoms with van der Waals surface area (Å²) >= 11 is 0. The van der Waals surface area contributed by atoms with E-state index in [1.807, 2.05) is 78.9 Å². The van der Waals surface area contributed by atoms with Crippen LogP contribution < -0.4 is 10.6 Å². The number of fused-ring (bicyclic) bond motifs is 3. The Bertz CT molecular complexity index is 2640. The molecule has 5 aromatic carbocycles. The standard InChI is InChI=1S/C25H23NO4.C16H18O3.C15H16F3NO3/c27-24(28)23(15-14-17-8-2-1-3-9-17)26-25(29)30-16-22-20-12-6-4-10-18(20)19-11-5-7-13-21(19)22;1-11(16(18)19)15(17)14-9-7-13(8-10-14)12-5-3-2-4-6-12;16-15(17,18)11-7-3-4-8-12(11)19-13(20)9-5-1-2-6-10(9)14(21)22/h1-13,22-23H,14-16H2,(H,26,29)(H,27,28);7-10,12H,1-6H2,(H,18,19);3-4,7-10H,1-2,5-6H2,(H,19,20)(H,21,22)/t23-;;9-,10+/m1.0/s1. The highest BCUT2D eigenvalue weighted by Crippen LogP contribution is 2.44. The topological polar surface area (TPSA) is 196 Å². The zero-order valence-electron chi connectivity index (χ0n) is 39.0. The first-order valence-electron chi connectivity index (χ1n) is 23.7. The highest BCUT2D eigenvalue weighted by atomic mass is 19.4. The number of anilines is 1. The zero-order valence-corrected chi connectivity index (χ0v) is 39.0. The molecule has 3 aliphatic carbocycles. The summed E-state index contributed by atoms with van der Waals surface area (Å²) in [7, 11) is 0. The van der Waals surface area contributed by atoms with Crippen molar-refractivity contribution in [3.8, 4) is 11.1 Å². The number of hydrogen-bond acceptors (Lipinski definition) is 7. The van der Waals surface area contributed by atoms with Crippen molar-refractivity contribution >= 4 is 41.4 Å². The second-order valence-electron chi connectivity index (χ2n) is 17.8. The van der Waals surface area contributed by atoms with Crippen molar-refractivity contribution < 1.29 is 62.0 Å². The second-order valence-corrected chi connectivity index (χ2v) is 17.8. The number of aryl methyl sites for hydroxylation is 1. The monoisotopic (exact) mass is 974 g/mol. The Hall–Kier alpha value is -7.55. The van der Waals surface area contributed by atoms with Crippen LogP contribution in [-0.4, -0.2) is 63.7 Å². The van der Waals surface area contributed by atoms with E-state index in [4.69, 9.17) is 14.9 Å². The molecule has 3 atom stereocenters. The Morgan fingerprint density at radius 1 is 0.662 bits per heavy atom. The number of amides is 2. The van der Waals surface area contributed by atoms with Crippen molar-refractivity contribution in [3.63, 3.8) is 0 Å². The first kappa shape index (κ1) is 52.8. The number of halogens is 3. The number of aliphatic carboxylic acids is 3. The van der Waals surface area contributed by atoms with Crippen LogP contribution in [0.4, 0.5) is 23.7 Å². The van der Waals surface area contributed by atoms with Crippen LogP contribution in [0.1, 0.15) is 114 Å². The van der Waals surface area contributed by atoms with E-state index in [1.54, 1.807) is 12.1 Å². The summed E-state index contributed by atoms with van der Waals surface area (Å²) < 4.78 is 44.2. The van der Waals surface area contributed by atoms with Crippen molar-refractivity contribution in [1.82, 2.24) is 5.32 Å². The zero-order chi connectivity index (χ0) is 51.1. The summed E-state index contributed by atoms with van der Waals surface area (Å²) in [6, 6.07) is 36.7. The number of carbonyl (C=O) groups is 6. The molecular weight excluding hydrogens is 918 g/mol. The Morgan fingerprint density at radius 3 is 1.79 bits per heavy atom. The van der Waals surface area contributed by atoms with Crippen LogP contribution in [0.15, 0.2) is 140 Å². The van der Waals surface area contributed by atoms with Gasteiger partial charge in [-0.1, -0.05) is 154 Å². The smallest absolute Gasteiger partial charge is 0.418 e. The molecule has 2 fully saturated rings. The lowest BCUT2D eigenvalue weighted by molar-refractivity contribution is -0.148. The third kappa shape index (κ3) is 14.3. The van der Waals surface area contributed by atoms with E-state index < -0.39 is 65.3 Å². The molecule has 2 amide bonds. The number of carboxylic acids is 3. The Labute approximate surface area is 410 Å². The van der Waals surface area contributed by atoms with Crippen LogP contribution in [0.5, 0.6) is 0 Å². The van der Waals surface area contributed by atoms with Gasteiger partial charge >= 0.3 is 30.2 Å². The van der Waals surface area contributed by atoms with E-state index >= 15 is 0 Å². The van der Waals surface area contributed by atoms with Crippen LogP contribution in [0, 0.1) is 11.8 Å². The van der Waals surface area contributed by atoms with Gasteiger partial charge in [0.25, 0.3) is 0 Å². The molecule has 5 N–H and O–H groups in total. The summed E-state index contributed by atoms with van der Waals surface area (Å²) in [4.78, 5) is 69.8. The lowest BCUT2D eigenvalue weighted by atomic mass is 9.78. The van der Waals surface area contributed by atoms with Crippen molar-refractivity contribution in [2.75, 3.05) is 11.9 Å². The maximum atomic E-state index is 12.9. The molecule has 0 radical (unpaired) electrons. The molecule has 5 aromatic rings. The molecule has 15 heteroatoms. The Balaban J connectivity index is 0.000000180. The summed E-state index contributed by atoms with van der Waals surface area (Å²) in [5.74, 6) is -5.70. The molecule has 2 saturated carbocycles. The molecular formula is C56H57F3N2O10. The van der Waals surface area contributed by atoms with Crippen LogP contribution in [-0.2, 0) is 36.5 Å². The minimum absolute atomic E-state index is 0.0595. The highest BCUT2D eigenvalue weighted by molar-refractivity contribution is 6.23. The molecule has 0 aliphatic heterocycles. The van der Waals surface area contributed by atoms with Gasteiger partial charge in [-0.2, -0.15) is 13.2 Å². The summed E-state index contributed by atoms with van der Waals surface area (Å²) in [5.41, 5.74) is 5.53. The summed E-state index contributed by atoms with van der Waals surface area (Å²) in [5, 5.41) is 32.1. The number of benzene rings is 5. The average Bonchev–Trinajstić information content (AvgIpc) is 3.70. The minimum Gasteiger partial charge on any atom is -0.481 e. The fraction of sp³-hybridized carbons (Fsp3) is 0.321. The maximum absolute atomic E-state index is 12.9. The van der Waals surface area contributed by atoms with E-state index in [9.17, 15) is 47.0 Å². The van der Waals surface area contributed by atoms with Gasteiger partial charge in [0.2, 0.25) is 5.91 Å². The lowest BCUT2D eigenvalue weighted by Crippen LogP contribution is -2.41. The highest BCUT2D eigenvalue weighted by Gasteiger charge is 2.38. The fourth-order valence-corrected chi connectivity index (χ4v) is 9.41. The number of Topliss-reactive ketones (excluding diaryl/α,β-unsaturated/α-hetero) is 1. The van der Waals surface area contributed by atoms with Gasteiger partial charge in [-0.15, -0.1) is 0 Å². The molecule has 0 heterocycles. The number of hydrogen-bond donors (Lipinski definition) is 5. The quantitative estimate of drug-likeness (QED) is 0.0309. The van der Waals surface area contributed by atoms with E-state index in [0.29, 0.717) is 50.0 Å². The third-order valence-electron chi connectivity index (χ3n) is 13.2. The molecule has 12 nitrogen and oxygen atoms in total. The summed E-state index contributed by atoms with van der Waals surface area (Å²) in [6.07, 6.45) is 3.96. The molecule has 3 aliphatic rings. The molecule has 8 rings (SSSR count). The molecule has 372 valence electrons. The SMILES string of the molecule is C=C(C(=O)O)C(=O)c1ccc(C2CCCCC2)cc1.O=C(N[C@H](CCc1ccccc1)C(=O)O)OCC1c2ccccc2-c2ccccc21.O=C(Nc1ccccc1C(F)(F)F)[C@H]1CCCC[C@H]1C(=O)O. The van der Waals surface area contributed by atoms with Gasteiger partial charge in [-0.05, 0) is 90.0 Å². The molecule has 0 spiro atoms. The van der Waals surface area contributed by atoms with Gasteiger partial charge in [0.1, 0.15) is 18.2 Å². The Kier molecular flexibility index (Phi) is 18.5. The summed E-state index contributed by atoms with van der Waals surface area (Å²) in [6.45, 7) is 3.45. The van der Waals surface area contributed by atoms with Crippen molar-refractivity contribution in [2.24, 2.45) is 11.8 Å². The number of para-hydroxylation sites is 1. The fourth-order valence-electron chi connectivity index (χ4n) is 9.41. The number of ketones is 1. The first-order valence-corrected chi connectivity index (χ1v) is 23.7. The number of alkyl carbamates (subject to hydrolysis) is 1. The molecule has 0 saturated heterocycles. The van der Waals surface area contributed by atoms with Gasteiger partial charge in [-0.25, -0.2) is 14.4 Å². The molecule has 0 unspecified atom stereocenters. The average molecular weight is 975 g/mol. The molecule has 0 aromatic heterocycles. The molecule has 71 heavy (non-hydrogen) atoms. The van der Waals surface area contributed by atoms with Gasteiger partial charge in [0, 0.05) is 11.5 Å². The predicted molar refractivity (Wildman–Crippen MR) is 261 cm³/mol. The molecule has 0 bridgehead atoms. The first-order chi connectivity index (χ1) is 34.0. The number of rotatable bonds is 14. The van der Waals surface area contributed by atoms with E-state index in [1.165, 1.54) is 55.9 Å². The van der Waals surface area contributed by atoms with Crippen LogP contribution >= 0.6 is 0 Å². The van der Waals surface area contributed by atoms with Crippen LogP contribution in [0.3, 0.4) is 0 Å². The number of nitrogens with one attached hydrogen (secondary N) is 2. The van der Waals surface area contributed by atoms with Crippen molar-refractivity contribution in [2.45, 2.75) is 94.7 Å². The number of carboxylic acid groups (broad SMARTS) is 3. The third-order valence-corrected chi connectivity index (χ3v) is 13.2. The van der Waals surface area contributed by atoms with Crippen LogP contribution in [0.2, 0.25) is 0 Å². The van der Waals surface area contributed by atoms with E-state index in [0.717, 1.165) is 33.9 Å². The van der Waals surface area contributed by atoms with Gasteiger partial charge in [0.15, 0.2) is 5.78 Å². The van der Waals surface area contributed by atoms with E-state index in [2.05, 4.69) is 29.3 Å². The normalized spacial score (nSPS) is 16.7. The number of carbonyl (C=O) groups excluding carboxylic acids is 3. The van der Waals surface area contributed by atoms with Crippen LogP contribution in [0.25, 0.3) is 11.1 Å². The van der Waals surface area contributed by atoms with Gasteiger partial charge < -0.3 is 30.7 Å². The van der Waals surface area contributed by atoms with Gasteiger partial charge in [0.05, 0.1) is 23.1 Å². The van der Waals surface area contributed by atoms with Crippen molar-refractivity contribution in [1.29, 1.82) is 0 Å². The minimum atomic E-state index is -4.58.